The van der Waals surface area contributed by atoms with Crippen molar-refractivity contribution in [3.8, 4) is 0 Å². The Hall–Kier alpha value is -1.76. The summed E-state index contributed by atoms with van der Waals surface area (Å²) in [6.45, 7) is 0. The van der Waals surface area contributed by atoms with Crippen LogP contribution in [0.5, 0.6) is 0 Å². The fourth-order valence-corrected chi connectivity index (χ4v) is 1.74. The van der Waals surface area contributed by atoms with Gasteiger partial charge < -0.3 is 4.74 Å². The number of ether oxygens (including phenoxy) is 1. The molecule has 0 saturated heterocycles. The number of fused-ring (bicyclic) bond motifs is 2. The topological polar surface area (TPSA) is 9.23 Å². The molecule has 1 heterocycles. The van der Waals surface area contributed by atoms with E-state index in [9.17, 15) is 0 Å². The quantitative estimate of drug-likeness (QED) is 0.573. The summed E-state index contributed by atoms with van der Waals surface area (Å²) in [6.07, 6.45) is 12.0. The first-order valence-corrected chi connectivity index (χ1v) is 4.59. The van der Waals surface area contributed by atoms with E-state index in [1.165, 1.54) is 5.22 Å². The highest BCUT2D eigenvalue weighted by molar-refractivity contribution is 5.63. The van der Waals surface area contributed by atoms with Crippen molar-refractivity contribution in [1.29, 1.82) is 0 Å². The summed E-state index contributed by atoms with van der Waals surface area (Å²) >= 11 is 0. The number of benzene rings is 1. The van der Waals surface area contributed by atoms with Crippen molar-refractivity contribution in [2.75, 3.05) is 0 Å². The van der Waals surface area contributed by atoms with Crippen LogP contribution in [-0.4, -0.2) is 6.10 Å². The summed E-state index contributed by atoms with van der Waals surface area (Å²) in [5.74, 6) is 0. The van der Waals surface area contributed by atoms with E-state index in [1.54, 1.807) is 0 Å². The number of rotatable bonds is 0. The maximum Gasteiger partial charge on any atom is 0.171 e. The summed E-state index contributed by atoms with van der Waals surface area (Å²) in [4.78, 5) is 0. The fourth-order valence-electron chi connectivity index (χ4n) is 1.74. The van der Waals surface area contributed by atoms with Gasteiger partial charge in [-0.2, -0.15) is 0 Å². The van der Waals surface area contributed by atoms with Gasteiger partial charge in [0.1, 0.15) is 6.10 Å². The molecule has 0 amide bonds. The second-order valence-corrected chi connectivity index (χ2v) is 3.30. The summed E-state index contributed by atoms with van der Waals surface area (Å²) in [5, 5.41) is 2.18. The highest BCUT2D eigenvalue weighted by atomic mass is 16.5. The second-order valence-electron chi connectivity index (χ2n) is 3.30. The highest BCUT2D eigenvalue weighted by Crippen LogP contribution is 2.15. The molecule has 1 aliphatic carbocycles. The van der Waals surface area contributed by atoms with Crippen molar-refractivity contribution in [3.05, 3.63) is 59.0 Å². The second kappa shape index (κ2) is 2.88. The summed E-state index contributed by atoms with van der Waals surface area (Å²) < 4.78 is 5.45. The molecular formula is C13H8O. The smallest absolute Gasteiger partial charge is 0.171 e. The largest absolute Gasteiger partial charge is 0.477 e. The van der Waals surface area contributed by atoms with Gasteiger partial charge in [-0.1, -0.05) is 36.4 Å². The van der Waals surface area contributed by atoms with Gasteiger partial charge in [-0.25, -0.2) is 0 Å². The molecule has 0 fully saturated rings. The van der Waals surface area contributed by atoms with Gasteiger partial charge >= 0.3 is 0 Å². The van der Waals surface area contributed by atoms with Crippen LogP contribution in [-0.2, 0) is 4.74 Å². The Labute approximate surface area is 82.3 Å². The van der Waals surface area contributed by atoms with Gasteiger partial charge in [0.2, 0.25) is 0 Å². The molecule has 1 unspecified atom stereocenters. The number of allylic oxidation sites excluding steroid dienone is 2. The first-order chi connectivity index (χ1) is 6.95. The lowest BCUT2D eigenvalue weighted by Crippen LogP contribution is -2.35. The van der Waals surface area contributed by atoms with Gasteiger partial charge in [0.15, 0.2) is 6.26 Å². The number of hydrogen-bond donors (Lipinski definition) is 0. The Kier molecular flexibility index (Phi) is 1.57. The molecule has 3 rings (SSSR count). The van der Waals surface area contributed by atoms with Gasteiger partial charge in [-0.3, -0.25) is 0 Å². The Bertz CT molecular complexity index is 535. The van der Waals surface area contributed by atoms with Crippen molar-refractivity contribution in [2.24, 2.45) is 0 Å². The Morgan fingerprint density at radius 2 is 2.14 bits per heavy atom. The molecule has 0 spiro atoms. The molecule has 2 aliphatic rings. The minimum atomic E-state index is -0.00472. The monoisotopic (exact) mass is 180 g/mol. The van der Waals surface area contributed by atoms with E-state index in [0.29, 0.717) is 0 Å². The van der Waals surface area contributed by atoms with Crippen molar-refractivity contribution >= 4 is 11.8 Å². The SMILES string of the molecule is [C]1=CC=CC2O[C]=c3ccccc3=C12. The third kappa shape index (κ3) is 1.02. The minimum absolute atomic E-state index is 0.00472. The summed E-state index contributed by atoms with van der Waals surface area (Å²) in [5.41, 5.74) is 1.10. The van der Waals surface area contributed by atoms with E-state index < -0.39 is 0 Å². The summed E-state index contributed by atoms with van der Waals surface area (Å²) in [7, 11) is 0. The van der Waals surface area contributed by atoms with Crippen LogP contribution < -0.4 is 10.4 Å². The minimum Gasteiger partial charge on any atom is -0.477 e. The Balaban J connectivity index is 2.40. The first kappa shape index (κ1) is 7.63. The zero-order chi connectivity index (χ0) is 9.38. The molecule has 0 saturated carbocycles. The zero-order valence-corrected chi connectivity index (χ0v) is 7.53. The molecule has 1 atom stereocenters. The lowest BCUT2D eigenvalue weighted by atomic mass is 9.99. The normalized spacial score (nSPS) is 22.0. The van der Waals surface area contributed by atoms with Crippen LogP contribution in [0.4, 0.5) is 0 Å². The van der Waals surface area contributed by atoms with Crippen molar-refractivity contribution in [3.63, 3.8) is 0 Å². The van der Waals surface area contributed by atoms with Crippen LogP contribution in [0.25, 0.3) is 11.8 Å². The van der Waals surface area contributed by atoms with E-state index >= 15 is 0 Å². The van der Waals surface area contributed by atoms with Crippen LogP contribution in [0.3, 0.4) is 0 Å². The van der Waals surface area contributed by atoms with Gasteiger partial charge in [-0.15, -0.1) is 0 Å². The first-order valence-electron chi connectivity index (χ1n) is 4.59. The van der Waals surface area contributed by atoms with Gasteiger partial charge in [-0.05, 0) is 17.4 Å². The molecule has 1 aromatic carbocycles. The van der Waals surface area contributed by atoms with Gasteiger partial charge in [0.25, 0.3) is 0 Å². The van der Waals surface area contributed by atoms with Crippen LogP contribution in [0, 0.1) is 6.08 Å². The lowest BCUT2D eigenvalue weighted by Gasteiger charge is -2.18. The maximum absolute atomic E-state index is 5.45. The molecular weight excluding hydrogens is 172 g/mol. The lowest BCUT2D eigenvalue weighted by molar-refractivity contribution is 0.274. The molecule has 1 heteroatoms. The van der Waals surface area contributed by atoms with Crippen LogP contribution in [0.2, 0.25) is 0 Å². The molecule has 2 radical (unpaired) electrons. The van der Waals surface area contributed by atoms with Crippen molar-refractivity contribution in [1.82, 2.24) is 0 Å². The maximum atomic E-state index is 5.45. The van der Waals surface area contributed by atoms with Crippen LogP contribution in [0.1, 0.15) is 0 Å². The zero-order valence-electron chi connectivity index (χ0n) is 7.53. The van der Waals surface area contributed by atoms with Crippen LogP contribution in [0.15, 0.2) is 42.5 Å². The van der Waals surface area contributed by atoms with E-state index in [1.807, 2.05) is 36.4 Å². The van der Waals surface area contributed by atoms with Crippen LogP contribution >= 0.6 is 0 Å². The van der Waals surface area contributed by atoms with E-state index in [-0.39, 0.29) is 6.10 Å². The molecule has 0 bridgehead atoms. The van der Waals surface area contributed by atoms with Crippen molar-refractivity contribution in [2.45, 2.75) is 6.10 Å². The standard InChI is InChI=1S/C13H8O/c1-2-6-11-10(5-1)9-14-13-8-4-3-7-12(11)13/h1-6,8,13H. The third-order valence-corrected chi connectivity index (χ3v) is 2.42. The van der Waals surface area contributed by atoms with Gasteiger partial charge in [0, 0.05) is 10.8 Å². The predicted molar refractivity (Wildman–Crippen MR) is 54.3 cm³/mol. The van der Waals surface area contributed by atoms with Gasteiger partial charge in [0.05, 0.1) is 0 Å². The molecule has 0 N–H and O–H groups in total. The Morgan fingerprint density at radius 3 is 3.14 bits per heavy atom. The van der Waals surface area contributed by atoms with E-state index in [0.717, 1.165) is 10.8 Å². The molecule has 1 nitrogen and oxygen atoms in total. The van der Waals surface area contributed by atoms with E-state index in [2.05, 4.69) is 18.4 Å². The molecule has 0 aromatic heterocycles. The molecule has 14 heavy (non-hydrogen) atoms. The summed E-state index contributed by atoms with van der Waals surface area (Å²) in [6, 6.07) is 8.08. The molecule has 1 aliphatic heterocycles. The Morgan fingerprint density at radius 1 is 1.21 bits per heavy atom. The average molecular weight is 180 g/mol. The van der Waals surface area contributed by atoms with Crippen molar-refractivity contribution < 1.29 is 4.74 Å². The third-order valence-electron chi connectivity index (χ3n) is 2.42. The molecule has 1 aromatic rings. The highest BCUT2D eigenvalue weighted by Gasteiger charge is 2.16. The molecule has 66 valence electrons. The number of hydrogen-bond acceptors (Lipinski definition) is 1. The van der Waals surface area contributed by atoms with E-state index in [4.69, 9.17) is 4.74 Å². The average Bonchev–Trinajstić information content (AvgIpc) is 2.29. The predicted octanol–water partition coefficient (Wildman–Crippen LogP) is 0.780. The fraction of sp³-hybridized carbons (Fsp3) is 0.0769.